The first-order valence-electron chi connectivity index (χ1n) is 8.26. The highest BCUT2D eigenvalue weighted by Gasteiger charge is 2.26. The molecule has 0 bridgehead atoms. The van der Waals surface area contributed by atoms with Crippen LogP contribution in [0.25, 0.3) is 0 Å². The number of hydrogen-bond donors (Lipinski definition) is 1. The molecule has 3 rings (SSSR count). The normalized spacial score (nSPS) is 16.8. The second kappa shape index (κ2) is 7.48. The van der Waals surface area contributed by atoms with Crippen LogP contribution >= 0.6 is 0 Å². The second-order valence-electron chi connectivity index (χ2n) is 6.15. The Labute approximate surface area is 145 Å². The van der Waals surface area contributed by atoms with E-state index in [1.807, 2.05) is 30.3 Å². The smallest absolute Gasteiger partial charge is 0.356 e. The second-order valence-corrected chi connectivity index (χ2v) is 6.15. The number of aromatic nitrogens is 2. The molecule has 0 radical (unpaired) electrons. The van der Waals surface area contributed by atoms with Gasteiger partial charge in [-0.15, -0.1) is 0 Å². The van der Waals surface area contributed by atoms with Crippen LogP contribution in [-0.2, 0) is 18.3 Å². The molecule has 2 aromatic rings. The lowest BCUT2D eigenvalue weighted by molar-refractivity contribution is 0.0499. The summed E-state index contributed by atoms with van der Waals surface area (Å²) in [6, 6.07) is 11.0. The minimum atomic E-state index is -1.15. The molecule has 1 saturated heterocycles. The van der Waals surface area contributed by atoms with Gasteiger partial charge in [0.25, 0.3) is 5.91 Å². The fraction of sp³-hybridized carbons (Fsp3) is 0.389. The van der Waals surface area contributed by atoms with Crippen molar-refractivity contribution < 1.29 is 19.4 Å². The lowest BCUT2D eigenvalue weighted by Crippen LogP contribution is -2.37. The van der Waals surface area contributed by atoms with E-state index >= 15 is 0 Å². The molecule has 1 aliphatic heterocycles. The van der Waals surface area contributed by atoms with Gasteiger partial charge in [0.1, 0.15) is 5.69 Å². The van der Waals surface area contributed by atoms with Gasteiger partial charge in [0.05, 0.1) is 6.10 Å². The van der Waals surface area contributed by atoms with Crippen LogP contribution in [0.15, 0.2) is 36.4 Å². The van der Waals surface area contributed by atoms with Crippen molar-refractivity contribution in [1.29, 1.82) is 0 Å². The monoisotopic (exact) mass is 343 g/mol. The molecule has 7 nitrogen and oxygen atoms in total. The average molecular weight is 343 g/mol. The van der Waals surface area contributed by atoms with E-state index in [0.717, 1.165) is 18.4 Å². The lowest BCUT2D eigenvalue weighted by atomic mass is 10.1. The summed E-state index contributed by atoms with van der Waals surface area (Å²) >= 11 is 0. The van der Waals surface area contributed by atoms with Gasteiger partial charge < -0.3 is 14.7 Å². The Bertz CT molecular complexity index is 751. The summed E-state index contributed by atoms with van der Waals surface area (Å²) in [6.45, 7) is 1.63. The molecule has 132 valence electrons. The van der Waals surface area contributed by atoms with Crippen LogP contribution in [-0.4, -0.2) is 50.9 Å². The van der Waals surface area contributed by atoms with Gasteiger partial charge in [-0.2, -0.15) is 5.10 Å². The first-order valence-corrected chi connectivity index (χ1v) is 8.26. The number of aryl methyl sites for hydroxylation is 1. The zero-order valence-corrected chi connectivity index (χ0v) is 14.1. The molecule has 0 aliphatic carbocycles. The molecule has 1 atom stereocenters. The van der Waals surface area contributed by atoms with Crippen LogP contribution in [0.2, 0.25) is 0 Å². The van der Waals surface area contributed by atoms with Crippen molar-refractivity contribution in [2.24, 2.45) is 7.05 Å². The van der Waals surface area contributed by atoms with Crippen molar-refractivity contribution in [2.75, 3.05) is 13.2 Å². The number of carboxylic acid groups (broad SMARTS) is 1. The predicted octanol–water partition coefficient (Wildman–Crippen LogP) is 1.94. The van der Waals surface area contributed by atoms with Crippen LogP contribution in [0.5, 0.6) is 0 Å². The lowest BCUT2D eigenvalue weighted by Gasteiger charge is -2.25. The number of carbonyl (C=O) groups excluding carboxylic acids is 1. The third-order valence-corrected chi connectivity index (χ3v) is 4.27. The Hall–Kier alpha value is -2.67. The van der Waals surface area contributed by atoms with Crippen LogP contribution in [0.1, 0.15) is 39.4 Å². The summed E-state index contributed by atoms with van der Waals surface area (Å²) in [6.07, 6.45) is 1.93. The van der Waals surface area contributed by atoms with E-state index in [0.29, 0.717) is 19.7 Å². The molecule has 25 heavy (non-hydrogen) atoms. The Kier molecular flexibility index (Phi) is 5.14. The number of benzene rings is 1. The van der Waals surface area contributed by atoms with Crippen LogP contribution in [0.4, 0.5) is 0 Å². The molecular formula is C18H21N3O4. The zero-order valence-electron chi connectivity index (χ0n) is 14.1. The number of amides is 1. The number of carboxylic acids is 1. The van der Waals surface area contributed by atoms with Crippen LogP contribution < -0.4 is 0 Å². The Morgan fingerprint density at radius 1 is 1.36 bits per heavy atom. The third kappa shape index (κ3) is 4.06. The minimum Gasteiger partial charge on any atom is -0.476 e. The highest BCUT2D eigenvalue weighted by atomic mass is 16.5. The van der Waals surface area contributed by atoms with E-state index < -0.39 is 5.97 Å². The summed E-state index contributed by atoms with van der Waals surface area (Å²) in [5.41, 5.74) is 1.13. The highest BCUT2D eigenvalue weighted by molar-refractivity contribution is 5.95. The van der Waals surface area contributed by atoms with E-state index in [2.05, 4.69) is 5.10 Å². The number of ether oxygens (including phenoxy) is 1. The fourth-order valence-corrected chi connectivity index (χ4v) is 2.99. The molecule has 1 unspecified atom stereocenters. The van der Waals surface area contributed by atoms with Gasteiger partial charge >= 0.3 is 5.97 Å². The van der Waals surface area contributed by atoms with Crippen LogP contribution in [0, 0.1) is 0 Å². The van der Waals surface area contributed by atoms with Gasteiger partial charge in [-0.3, -0.25) is 9.48 Å². The average Bonchev–Trinajstić information content (AvgIpc) is 3.24. The van der Waals surface area contributed by atoms with E-state index in [1.54, 1.807) is 11.9 Å². The van der Waals surface area contributed by atoms with Crippen molar-refractivity contribution in [1.82, 2.24) is 14.7 Å². The minimum absolute atomic E-state index is 0.0137. The molecule has 1 fully saturated rings. The first kappa shape index (κ1) is 17.2. The number of nitrogens with zero attached hydrogens (tertiary/aromatic N) is 3. The molecule has 2 heterocycles. The van der Waals surface area contributed by atoms with Gasteiger partial charge in [0, 0.05) is 32.8 Å². The summed E-state index contributed by atoms with van der Waals surface area (Å²) in [5, 5.41) is 13.0. The van der Waals surface area contributed by atoms with Gasteiger partial charge in [-0.05, 0) is 18.4 Å². The number of carbonyl (C=O) groups is 2. The molecule has 1 amide bonds. The molecule has 0 spiro atoms. The standard InChI is InChI=1S/C18H21N3O4/c1-20-16(10-15(19-20)18(23)24)17(22)21(12-14-8-5-9-25-14)11-13-6-3-2-4-7-13/h2-4,6-7,10,14H,5,8-9,11-12H2,1H3,(H,23,24). The molecular weight excluding hydrogens is 322 g/mol. The van der Waals surface area contributed by atoms with Gasteiger partial charge in [-0.25, -0.2) is 4.79 Å². The maximum atomic E-state index is 13.0. The highest BCUT2D eigenvalue weighted by Crippen LogP contribution is 2.17. The SMILES string of the molecule is Cn1nc(C(=O)O)cc1C(=O)N(Cc1ccccc1)CC1CCCO1. The summed E-state index contributed by atoms with van der Waals surface area (Å²) in [4.78, 5) is 25.8. The van der Waals surface area contributed by atoms with Crippen molar-refractivity contribution in [3.63, 3.8) is 0 Å². The fourth-order valence-electron chi connectivity index (χ4n) is 2.99. The zero-order chi connectivity index (χ0) is 17.8. The molecule has 0 saturated carbocycles. The number of rotatable bonds is 6. The Morgan fingerprint density at radius 3 is 2.72 bits per heavy atom. The van der Waals surface area contributed by atoms with Crippen molar-refractivity contribution >= 4 is 11.9 Å². The van der Waals surface area contributed by atoms with Crippen molar-refractivity contribution in [3.8, 4) is 0 Å². The van der Waals surface area contributed by atoms with E-state index in [4.69, 9.17) is 9.84 Å². The number of aromatic carboxylic acids is 1. The number of hydrogen-bond acceptors (Lipinski definition) is 4. The maximum Gasteiger partial charge on any atom is 0.356 e. The molecule has 1 aliphatic rings. The van der Waals surface area contributed by atoms with Gasteiger partial charge in [-0.1, -0.05) is 30.3 Å². The molecule has 1 N–H and O–H groups in total. The van der Waals surface area contributed by atoms with E-state index in [1.165, 1.54) is 10.7 Å². The quantitative estimate of drug-likeness (QED) is 0.866. The molecule has 1 aromatic carbocycles. The molecule has 1 aromatic heterocycles. The topological polar surface area (TPSA) is 84.7 Å². The van der Waals surface area contributed by atoms with Gasteiger partial charge in [0.15, 0.2) is 5.69 Å². The van der Waals surface area contributed by atoms with Gasteiger partial charge in [0.2, 0.25) is 0 Å². The van der Waals surface area contributed by atoms with Crippen molar-refractivity contribution in [2.45, 2.75) is 25.5 Å². The maximum absolute atomic E-state index is 13.0. The summed E-state index contributed by atoms with van der Waals surface area (Å²) < 4.78 is 6.99. The third-order valence-electron chi connectivity index (χ3n) is 4.27. The van der Waals surface area contributed by atoms with Crippen molar-refractivity contribution in [3.05, 3.63) is 53.3 Å². The van der Waals surface area contributed by atoms with E-state index in [-0.39, 0.29) is 23.4 Å². The molecule has 7 heteroatoms. The Morgan fingerprint density at radius 2 is 2.12 bits per heavy atom. The predicted molar refractivity (Wildman–Crippen MR) is 90.3 cm³/mol. The van der Waals surface area contributed by atoms with E-state index in [9.17, 15) is 9.59 Å². The first-order chi connectivity index (χ1) is 12.0. The summed E-state index contributed by atoms with van der Waals surface area (Å²) in [7, 11) is 1.58. The largest absolute Gasteiger partial charge is 0.476 e. The van der Waals surface area contributed by atoms with Crippen LogP contribution in [0.3, 0.4) is 0 Å². The summed E-state index contributed by atoms with van der Waals surface area (Å²) in [5.74, 6) is -1.40. The Balaban J connectivity index is 1.84.